The fourth-order valence-corrected chi connectivity index (χ4v) is 1.82. The van der Waals surface area contributed by atoms with Gasteiger partial charge >= 0.3 is 0 Å². The summed E-state index contributed by atoms with van der Waals surface area (Å²) in [5, 5.41) is 0.0978. The monoisotopic (exact) mass is 226 g/mol. The number of carbonyl (C=O) groups excluding carboxylic acids is 2. The summed E-state index contributed by atoms with van der Waals surface area (Å²) in [7, 11) is 0. The van der Waals surface area contributed by atoms with E-state index in [1.165, 1.54) is 24.3 Å². The largest absolute Gasteiger partial charge is 0.290 e. The van der Waals surface area contributed by atoms with Crippen molar-refractivity contribution in [3.63, 3.8) is 0 Å². The molecule has 0 unspecified atom stereocenters. The zero-order valence-corrected chi connectivity index (χ0v) is 8.39. The minimum absolute atomic E-state index is 0.0353. The lowest BCUT2D eigenvalue weighted by molar-refractivity contribution is -0.112. The van der Waals surface area contributed by atoms with Crippen LogP contribution in [0.25, 0.3) is 0 Å². The SMILES string of the molecule is O=C1C=CC2=C(Cl)C(=O)C(Cl)=CC2=C1. The van der Waals surface area contributed by atoms with Gasteiger partial charge in [0, 0.05) is 5.57 Å². The lowest BCUT2D eigenvalue weighted by Gasteiger charge is -2.15. The first kappa shape index (κ1) is 9.44. The Balaban J connectivity index is 2.61. The fourth-order valence-electron chi connectivity index (χ4n) is 1.29. The van der Waals surface area contributed by atoms with Gasteiger partial charge in [0.15, 0.2) is 5.78 Å². The molecule has 0 aromatic rings. The molecule has 0 radical (unpaired) electrons. The highest BCUT2D eigenvalue weighted by molar-refractivity contribution is 6.55. The number of fused-ring (bicyclic) bond motifs is 1. The molecule has 0 aromatic carbocycles. The van der Waals surface area contributed by atoms with Crippen molar-refractivity contribution in [2.24, 2.45) is 0 Å². The van der Waals surface area contributed by atoms with E-state index in [4.69, 9.17) is 23.2 Å². The fraction of sp³-hybridized carbons (Fsp3) is 0. The molecule has 2 aliphatic rings. The summed E-state index contributed by atoms with van der Waals surface area (Å²) in [5.41, 5.74) is 1.15. The normalized spacial score (nSPS) is 20.7. The summed E-state index contributed by atoms with van der Waals surface area (Å²) >= 11 is 11.4. The molecule has 0 fully saturated rings. The predicted molar refractivity (Wildman–Crippen MR) is 54.1 cm³/mol. The highest BCUT2D eigenvalue weighted by atomic mass is 35.5. The highest BCUT2D eigenvalue weighted by Crippen LogP contribution is 2.32. The van der Waals surface area contributed by atoms with Crippen molar-refractivity contribution in [2.75, 3.05) is 0 Å². The van der Waals surface area contributed by atoms with E-state index in [1.807, 2.05) is 0 Å². The van der Waals surface area contributed by atoms with Crippen LogP contribution in [-0.4, -0.2) is 11.6 Å². The topological polar surface area (TPSA) is 34.1 Å². The molecule has 2 nitrogen and oxygen atoms in total. The van der Waals surface area contributed by atoms with Crippen molar-refractivity contribution in [3.05, 3.63) is 45.5 Å². The van der Waals surface area contributed by atoms with Crippen LogP contribution in [0.1, 0.15) is 0 Å². The number of rotatable bonds is 0. The van der Waals surface area contributed by atoms with Crippen molar-refractivity contribution in [1.29, 1.82) is 0 Å². The van der Waals surface area contributed by atoms with Crippen LogP contribution in [0.3, 0.4) is 0 Å². The smallest absolute Gasteiger partial charge is 0.216 e. The van der Waals surface area contributed by atoms with E-state index in [-0.39, 0.29) is 15.8 Å². The lowest BCUT2D eigenvalue weighted by Crippen LogP contribution is -2.10. The lowest BCUT2D eigenvalue weighted by atomic mass is 9.93. The Morgan fingerprint density at radius 3 is 2.43 bits per heavy atom. The van der Waals surface area contributed by atoms with E-state index in [9.17, 15) is 9.59 Å². The molecule has 0 saturated carbocycles. The van der Waals surface area contributed by atoms with Crippen LogP contribution in [0.2, 0.25) is 0 Å². The van der Waals surface area contributed by atoms with Gasteiger partial charge in [-0.25, -0.2) is 0 Å². The number of carbonyl (C=O) groups is 2. The summed E-state index contributed by atoms with van der Waals surface area (Å²) in [5.74, 6) is -0.539. The van der Waals surface area contributed by atoms with E-state index in [0.717, 1.165) is 0 Å². The third-order valence-electron chi connectivity index (χ3n) is 1.96. The van der Waals surface area contributed by atoms with Crippen molar-refractivity contribution in [3.8, 4) is 0 Å². The maximum absolute atomic E-state index is 11.3. The van der Waals surface area contributed by atoms with Crippen LogP contribution >= 0.6 is 23.2 Å². The molecule has 14 heavy (non-hydrogen) atoms. The quantitative estimate of drug-likeness (QED) is 0.635. The predicted octanol–water partition coefficient (Wildman–Crippen LogP) is 2.25. The van der Waals surface area contributed by atoms with E-state index in [0.29, 0.717) is 11.1 Å². The Kier molecular flexibility index (Phi) is 2.17. The average Bonchev–Trinajstić information content (AvgIpc) is 2.14. The van der Waals surface area contributed by atoms with Crippen LogP contribution in [0.4, 0.5) is 0 Å². The first-order valence-electron chi connectivity index (χ1n) is 3.85. The van der Waals surface area contributed by atoms with Crippen LogP contribution in [0, 0.1) is 0 Å². The molecular weight excluding hydrogens is 223 g/mol. The Morgan fingerprint density at radius 1 is 1.00 bits per heavy atom. The first-order valence-corrected chi connectivity index (χ1v) is 4.61. The van der Waals surface area contributed by atoms with Gasteiger partial charge in [-0.15, -0.1) is 0 Å². The minimum Gasteiger partial charge on any atom is -0.290 e. The minimum atomic E-state index is -0.403. The first-order chi connectivity index (χ1) is 6.59. The third kappa shape index (κ3) is 1.37. The summed E-state index contributed by atoms with van der Waals surface area (Å²) in [4.78, 5) is 22.4. The Bertz CT molecular complexity index is 465. The summed E-state index contributed by atoms with van der Waals surface area (Å²) in [6, 6.07) is 0. The molecule has 0 atom stereocenters. The molecular formula is C10H4Cl2O2. The Labute approximate surface area is 90.2 Å². The number of Topliss-reactive ketones (excluding diaryl/α,β-unsaturated/α-hetero) is 1. The van der Waals surface area contributed by atoms with Gasteiger partial charge in [0.2, 0.25) is 5.78 Å². The molecule has 0 saturated heterocycles. The zero-order chi connectivity index (χ0) is 10.3. The maximum Gasteiger partial charge on any atom is 0.216 e. The van der Waals surface area contributed by atoms with Crippen LogP contribution in [0.15, 0.2) is 45.5 Å². The standard InChI is InChI=1S/C10H4Cl2O2/c11-8-4-5-3-6(13)1-2-7(5)9(12)10(8)14/h1-4H. The number of allylic oxidation sites excluding steroid dienone is 8. The molecule has 0 bridgehead atoms. The van der Waals surface area contributed by atoms with Crippen molar-refractivity contribution in [1.82, 2.24) is 0 Å². The van der Waals surface area contributed by atoms with Gasteiger partial charge < -0.3 is 0 Å². The number of hydrogen-bond donors (Lipinski definition) is 0. The van der Waals surface area contributed by atoms with E-state index in [1.54, 1.807) is 0 Å². The number of halogens is 2. The molecule has 0 N–H and O–H groups in total. The molecule has 0 aromatic heterocycles. The van der Waals surface area contributed by atoms with Crippen LogP contribution in [-0.2, 0) is 9.59 Å². The summed E-state index contributed by atoms with van der Waals surface area (Å²) in [6.45, 7) is 0. The van der Waals surface area contributed by atoms with E-state index >= 15 is 0 Å². The highest BCUT2D eigenvalue weighted by Gasteiger charge is 2.24. The van der Waals surface area contributed by atoms with Crippen LogP contribution < -0.4 is 0 Å². The average molecular weight is 227 g/mol. The van der Waals surface area contributed by atoms with Gasteiger partial charge in [-0.2, -0.15) is 0 Å². The van der Waals surface area contributed by atoms with E-state index in [2.05, 4.69) is 0 Å². The molecule has 0 aliphatic heterocycles. The van der Waals surface area contributed by atoms with Crippen molar-refractivity contribution < 1.29 is 9.59 Å². The van der Waals surface area contributed by atoms with Crippen molar-refractivity contribution in [2.45, 2.75) is 0 Å². The van der Waals surface area contributed by atoms with E-state index < -0.39 is 5.78 Å². The van der Waals surface area contributed by atoms with Gasteiger partial charge in [0.05, 0.1) is 10.1 Å². The summed E-state index contributed by atoms with van der Waals surface area (Å²) in [6.07, 6.45) is 5.73. The molecule has 0 spiro atoms. The van der Waals surface area contributed by atoms with Crippen molar-refractivity contribution >= 4 is 34.8 Å². The Hall–Kier alpha value is -1.12. The van der Waals surface area contributed by atoms with Gasteiger partial charge in [-0.3, -0.25) is 9.59 Å². The molecule has 2 aliphatic carbocycles. The number of hydrogen-bond acceptors (Lipinski definition) is 2. The molecule has 4 heteroatoms. The second-order valence-electron chi connectivity index (χ2n) is 2.88. The van der Waals surface area contributed by atoms with Gasteiger partial charge in [-0.1, -0.05) is 23.2 Å². The second-order valence-corrected chi connectivity index (χ2v) is 3.67. The van der Waals surface area contributed by atoms with Gasteiger partial charge in [-0.05, 0) is 29.9 Å². The zero-order valence-electron chi connectivity index (χ0n) is 6.88. The molecule has 70 valence electrons. The molecule has 0 amide bonds. The molecule has 2 rings (SSSR count). The second kappa shape index (κ2) is 3.23. The van der Waals surface area contributed by atoms with Gasteiger partial charge in [0.25, 0.3) is 0 Å². The Morgan fingerprint density at radius 2 is 1.71 bits per heavy atom. The number of ketones is 2. The van der Waals surface area contributed by atoms with Gasteiger partial charge in [0.1, 0.15) is 0 Å². The van der Waals surface area contributed by atoms with Crippen LogP contribution in [0.5, 0.6) is 0 Å². The molecule has 0 heterocycles. The third-order valence-corrected chi connectivity index (χ3v) is 2.61. The maximum atomic E-state index is 11.3. The summed E-state index contributed by atoms with van der Waals surface area (Å²) < 4.78 is 0.